The van der Waals surface area contributed by atoms with Crippen LogP contribution in [-0.4, -0.2) is 44.3 Å². The van der Waals surface area contributed by atoms with Crippen LogP contribution in [0.2, 0.25) is 0 Å². The van der Waals surface area contributed by atoms with Gasteiger partial charge >= 0.3 is 23.9 Å². The maximum absolute atomic E-state index is 10.4. The summed E-state index contributed by atoms with van der Waals surface area (Å²) in [6.07, 6.45) is 0.636. The van der Waals surface area contributed by atoms with Gasteiger partial charge in [-0.3, -0.25) is 19.2 Å². The normalized spacial score (nSPS) is 10.0. The van der Waals surface area contributed by atoms with Crippen molar-refractivity contribution in [1.82, 2.24) is 0 Å². The highest BCUT2D eigenvalue weighted by atomic mass is 16.4. The second kappa shape index (κ2) is 12.6. The zero-order chi connectivity index (χ0) is 17.7. The predicted octanol–water partition coefficient (Wildman–Crippen LogP) is 1.92. The van der Waals surface area contributed by atoms with Gasteiger partial charge < -0.3 is 20.4 Å². The topological polar surface area (TPSA) is 149 Å². The van der Waals surface area contributed by atoms with E-state index in [0.717, 1.165) is 0 Å². The Bertz CT molecular complexity index is 345. The van der Waals surface area contributed by atoms with Crippen LogP contribution in [0.5, 0.6) is 0 Å². The highest BCUT2D eigenvalue weighted by Crippen LogP contribution is 2.18. The number of carbonyl (C=O) groups is 4. The highest BCUT2D eigenvalue weighted by Gasteiger charge is 2.17. The molecule has 8 nitrogen and oxygen atoms in total. The molecule has 0 heterocycles. The van der Waals surface area contributed by atoms with Crippen molar-refractivity contribution in [3.8, 4) is 0 Å². The minimum absolute atomic E-state index is 0.0511. The van der Waals surface area contributed by atoms with Crippen LogP contribution in [0, 0.1) is 11.8 Å². The zero-order valence-corrected chi connectivity index (χ0v) is 12.8. The number of hydrogen-bond donors (Lipinski definition) is 4. The lowest BCUT2D eigenvalue weighted by molar-refractivity contribution is -0.142. The Morgan fingerprint density at radius 2 is 1.09 bits per heavy atom. The van der Waals surface area contributed by atoms with Crippen LogP contribution in [0.1, 0.15) is 52.4 Å². The third kappa shape index (κ3) is 20.2. The fraction of sp³-hybridized carbons (Fsp3) is 0.714. The summed E-state index contributed by atoms with van der Waals surface area (Å²) in [6, 6.07) is 0. The number of hydrogen-bond acceptors (Lipinski definition) is 4. The molecule has 0 spiro atoms. The van der Waals surface area contributed by atoms with E-state index in [1.165, 1.54) is 0 Å². The average Bonchev–Trinajstić information content (AvgIpc) is 2.25. The molecule has 0 unspecified atom stereocenters. The predicted molar refractivity (Wildman–Crippen MR) is 76.6 cm³/mol. The zero-order valence-electron chi connectivity index (χ0n) is 12.8. The molecule has 0 amide bonds. The maximum atomic E-state index is 10.4. The number of aliphatic carboxylic acids is 4. The minimum atomic E-state index is -0.948. The summed E-state index contributed by atoms with van der Waals surface area (Å²) in [6.45, 7) is 3.91. The fourth-order valence-corrected chi connectivity index (χ4v) is 1.79. The molecule has 0 aromatic heterocycles. The molecule has 0 atom stereocenters. The van der Waals surface area contributed by atoms with Gasteiger partial charge in [0.05, 0.1) is 0 Å². The van der Waals surface area contributed by atoms with E-state index >= 15 is 0 Å². The highest BCUT2D eigenvalue weighted by molar-refractivity contribution is 5.71. The molecule has 22 heavy (non-hydrogen) atoms. The Kier molecular flexibility index (Phi) is 12.7. The van der Waals surface area contributed by atoms with Crippen LogP contribution in [0.4, 0.5) is 0 Å². The van der Waals surface area contributed by atoms with Crippen LogP contribution in [0.15, 0.2) is 0 Å². The van der Waals surface area contributed by atoms with Crippen molar-refractivity contribution in [3.63, 3.8) is 0 Å². The largest absolute Gasteiger partial charge is 0.481 e. The van der Waals surface area contributed by atoms with Gasteiger partial charge in [-0.15, -0.1) is 0 Å². The molecule has 0 saturated carbocycles. The number of carboxylic acid groups (broad SMARTS) is 4. The lowest BCUT2D eigenvalue weighted by Crippen LogP contribution is -2.14. The second-order valence-electron chi connectivity index (χ2n) is 5.33. The van der Waals surface area contributed by atoms with E-state index in [1.807, 2.05) is 13.8 Å². The molecule has 0 saturated heterocycles. The summed E-state index contributed by atoms with van der Waals surface area (Å²) in [5, 5.41) is 33.1. The molecule has 0 aliphatic carbocycles. The first-order valence-corrected chi connectivity index (χ1v) is 6.91. The van der Waals surface area contributed by atoms with Crippen molar-refractivity contribution in [2.75, 3.05) is 0 Å². The molecular weight excluding hydrogens is 296 g/mol. The monoisotopic (exact) mass is 320 g/mol. The van der Waals surface area contributed by atoms with Crippen LogP contribution in [0.3, 0.4) is 0 Å². The Balaban J connectivity index is 0. The second-order valence-corrected chi connectivity index (χ2v) is 5.33. The summed E-state index contributed by atoms with van der Waals surface area (Å²) in [5.41, 5.74) is 0. The molecule has 0 aromatic carbocycles. The minimum Gasteiger partial charge on any atom is -0.481 e. The van der Waals surface area contributed by atoms with Gasteiger partial charge in [0.15, 0.2) is 0 Å². The SMILES string of the molecule is CC(C)CC(CC(=O)O)CC(=O)O.O=C(O)CCCC(=O)O. The van der Waals surface area contributed by atoms with Gasteiger partial charge in [-0.05, 0) is 24.7 Å². The van der Waals surface area contributed by atoms with Gasteiger partial charge in [-0.2, -0.15) is 0 Å². The van der Waals surface area contributed by atoms with Gasteiger partial charge in [0.2, 0.25) is 0 Å². The molecule has 8 heteroatoms. The summed E-state index contributed by atoms with van der Waals surface area (Å²) < 4.78 is 0. The van der Waals surface area contributed by atoms with Crippen molar-refractivity contribution in [1.29, 1.82) is 0 Å². The van der Waals surface area contributed by atoms with Crippen LogP contribution in [0.25, 0.3) is 0 Å². The fourth-order valence-electron chi connectivity index (χ4n) is 1.79. The van der Waals surface area contributed by atoms with Crippen molar-refractivity contribution in [2.24, 2.45) is 11.8 Å². The molecular formula is C14H24O8. The molecule has 128 valence electrons. The Hall–Kier alpha value is -2.12. The van der Waals surface area contributed by atoms with E-state index < -0.39 is 23.9 Å². The molecule has 0 fully saturated rings. The average molecular weight is 320 g/mol. The summed E-state index contributed by atoms with van der Waals surface area (Å²) in [5.74, 6) is -3.65. The van der Waals surface area contributed by atoms with Crippen molar-refractivity contribution in [2.45, 2.75) is 52.4 Å². The lowest BCUT2D eigenvalue weighted by atomic mass is 9.91. The number of rotatable bonds is 10. The molecule has 4 N–H and O–H groups in total. The molecule has 0 bridgehead atoms. The van der Waals surface area contributed by atoms with Gasteiger partial charge in [-0.25, -0.2) is 0 Å². The van der Waals surface area contributed by atoms with Gasteiger partial charge in [0.25, 0.3) is 0 Å². The van der Waals surface area contributed by atoms with Gasteiger partial charge in [0, 0.05) is 25.7 Å². The van der Waals surface area contributed by atoms with E-state index in [1.54, 1.807) is 0 Å². The lowest BCUT2D eigenvalue weighted by Gasteiger charge is -2.14. The third-order valence-electron chi connectivity index (χ3n) is 2.51. The Morgan fingerprint density at radius 1 is 0.727 bits per heavy atom. The summed E-state index contributed by atoms with van der Waals surface area (Å²) in [7, 11) is 0. The number of carboxylic acids is 4. The Morgan fingerprint density at radius 3 is 1.32 bits per heavy atom. The first kappa shape index (κ1) is 22.2. The molecule has 0 aliphatic rings. The Labute approximate surface area is 128 Å². The maximum Gasteiger partial charge on any atom is 0.303 e. The quantitative estimate of drug-likeness (QED) is 0.477. The molecule has 0 aliphatic heterocycles. The van der Waals surface area contributed by atoms with E-state index in [2.05, 4.69) is 0 Å². The van der Waals surface area contributed by atoms with Crippen molar-refractivity contribution in [3.05, 3.63) is 0 Å². The standard InChI is InChI=1S/C9H16O4.C5H8O4/c1-6(2)3-7(4-8(10)11)5-9(12)13;6-4(7)2-1-3-5(8)9/h6-7H,3-5H2,1-2H3,(H,10,11)(H,12,13);1-3H2,(H,6,7)(H,8,9). The third-order valence-corrected chi connectivity index (χ3v) is 2.51. The first-order chi connectivity index (χ1) is 10.0. The molecule has 0 radical (unpaired) electrons. The van der Waals surface area contributed by atoms with E-state index in [-0.39, 0.29) is 38.0 Å². The van der Waals surface area contributed by atoms with Crippen LogP contribution in [-0.2, 0) is 19.2 Å². The van der Waals surface area contributed by atoms with E-state index in [0.29, 0.717) is 12.3 Å². The van der Waals surface area contributed by atoms with Crippen LogP contribution >= 0.6 is 0 Å². The van der Waals surface area contributed by atoms with E-state index in [9.17, 15) is 19.2 Å². The van der Waals surface area contributed by atoms with E-state index in [4.69, 9.17) is 20.4 Å². The van der Waals surface area contributed by atoms with Gasteiger partial charge in [0.1, 0.15) is 0 Å². The smallest absolute Gasteiger partial charge is 0.303 e. The van der Waals surface area contributed by atoms with Crippen LogP contribution < -0.4 is 0 Å². The van der Waals surface area contributed by atoms with Crippen molar-refractivity contribution >= 4 is 23.9 Å². The summed E-state index contributed by atoms with van der Waals surface area (Å²) in [4.78, 5) is 40.3. The van der Waals surface area contributed by atoms with Crippen molar-refractivity contribution < 1.29 is 39.6 Å². The molecule has 0 rings (SSSR count). The first-order valence-electron chi connectivity index (χ1n) is 6.91. The molecule has 0 aromatic rings. The summed E-state index contributed by atoms with van der Waals surface area (Å²) >= 11 is 0. The van der Waals surface area contributed by atoms with Gasteiger partial charge in [-0.1, -0.05) is 13.8 Å².